The molecular formula is C9H15IN2O. The highest BCUT2D eigenvalue weighted by Crippen LogP contribution is 2.18. The second-order valence-electron chi connectivity index (χ2n) is 3.01. The normalized spacial score (nSPS) is 24.6. The van der Waals surface area contributed by atoms with Gasteiger partial charge in [-0.2, -0.15) is 0 Å². The van der Waals surface area contributed by atoms with Crippen molar-refractivity contribution in [1.29, 1.82) is 0 Å². The summed E-state index contributed by atoms with van der Waals surface area (Å²) in [4.78, 5) is 4.16. The maximum absolute atomic E-state index is 5.45. The van der Waals surface area contributed by atoms with Gasteiger partial charge in [-0.3, -0.25) is 4.99 Å². The van der Waals surface area contributed by atoms with Crippen molar-refractivity contribution >= 4 is 29.8 Å². The van der Waals surface area contributed by atoms with Gasteiger partial charge in [-0.25, -0.2) is 0 Å². The maximum Gasteiger partial charge on any atom is 0.117 e. The maximum atomic E-state index is 5.45. The molecule has 0 bridgehead atoms. The summed E-state index contributed by atoms with van der Waals surface area (Å²) in [5.41, 5.74) is 5.45. The Morgan fingerprint density at radius 3 is 2.85 bits per heavy atom. The molecular weight excluding hydrogens is 279 g/mol. The number of hydrogen-bond donors (Lipinski definition) is 1. The molecule has 0 radical (unpaired) electrons. The van der Waals surface area contributed by atoms with Crippen molar-refractivity contribution in [2.45, 2.75) is 19.4 Å². The third-order valence-corrected chi connectivity index (χ3v) is 1.92. The molecule has 0 saturated carbocycles. The average Bonchev–Trinajstić information content (AvgIpc) is 2.51. The zero-order valence-corrected chi connectivity index (χ0v) is 10.0. The van der Waals surface area contributed by atoms with Crippen molar-refractivity contribution in [3.05, 3.63) is 0 Å². The summed E-state index contributed by atoms with van der Waals surface area (Å²) >= 11 is 0. The standard InChI is InChI=1S/C9H14N2O.HI/c1-3-9(11-7(2)10)8-4-5-12-6-8;/h1,8-9H,4-6H2,2H3,(H2,10,11);1H. The first-order valence-corrected chi connectivity index (χ1v) is 4.08. The lowest BCUT2D eigenvalue weighted by molar-refractivity contribution is 0.184. The number of halogens is 1. The van der Waals surface area contributed by atoms with E-state index in [9.17, 15) is 0 Å². The van der Waals surface area contributed by atoms with Crippen molar-refractivity contribution in [1.82, 2.24) is 0 Å². The fourth-order valence-corrected chi connectivity index (χ4v) is 1.30. The zero-order valence-electron chi connectivity index (χ0n) is 7.69. The number of aliphatic imine (C=N–C) groups is 1. The minimum atomic E-state index is -0.0995. The zero-order chi connectivity index (χ0) is 8.97. The van der Waals surface area contributed by atoms with Gasteiger partial charge in [0.05, 0.1) is 12.4 Å². The van der Waals surface area contributed by atoms with Gasteiger partial charge in [-0.05, 0) is 13.3 Å². The first-order chi connectivity index (χ1) is 5.74. The van der Waals surface area contributed by atoms with E-state index in [-0.39, 0.29) is 30.0 Å². The third-order valence-electron chi connectivity index (χ3n) is 1.92. The minimum Gasteiger partial charge on any atom is -0.388 e. The lowest BCUT2D eigenvalue weighted by Crippen LogP contribution is -2.20. The van der Waals surface area contributed by atoms with E-state index in [4.69, 9.17) is 16.9 Å². The van der Waals surface area contributed by atoms with Crippen molar-refractivity contribution in [3.8, 4) is 12.3 Å². The number of terminal acetylenes is 1. The molecule has 0 aromatic heterocycles. The Labute approximate surface area is 96.1 Å². The summed E-state index contributed by atoms with van der Waals surface area (Å²) in [5.74, 6) is 3.53. The largest absolute Gasteiger partial charge is 0.388 e. The third kappa shape index (κ3) is 3.96. The summed E-state index contributed by atoms with van der Waals surface area (Å²) in [6.07, 6.45) is 6.32. The van der Waals surface area contributed by atoms with Crippen molar-refractivity contribution in [3.63, 3.8) is 0 Å². The van der Waals surface area contributed by atoms with Crippen LogP contribution in [0.3, 0.4) is 0 Å². The predicted octanol–water partition coefficient (Wildman–Crippen LogP) is 1.02. The molecule has 1 aliphatic heterocycles. The fraction of sp³-hybridized carbons (Fsp3) is 0.667. The summed E-state index contributed by atoms with van der Waals surface area (Å²) < 4.78 is 5.22. The summed E-state index contributed by atoms with van der Waals surface area (Å²) in [7, 11) is 0. The Morgan fingerprint density at radius 2 is 2.46 bits per heavy atom. The summed E-state index contributed by atoms with van der Waals surface area (Å²) in [6.45, 7) is 3.26. The van der Waals surface area contributed by atoms with Crippen LogP contribution in [-0.4, -0.2) is 25.1 Å². The Bertz CT molecular complexity index is 212. The van der Waals surface area contributed by atoms with Crippen LogP contribution in [0.1, 0.15) is 13.3 Å². The van der Waals surface area contributed by atoms with Crippen molar-refractivity contribution < 1.29 is 4.74 Å². The van der Waals surface area contributed by atoms with Gasteiger partial charge in [0, 0.05) is 12.5 Å². The summed E-state index contributed by atoms with van der Waals surface area (Å²) in [6, 6.07) is -0.0995. The number of hydrogen-bond acceptors (Lipinski definition) is 2. The second kappa shape index (κ2) is 6.22. The van der Waals surface area contributed by atoms with Crippen LogP contribution in [0.25, 0.3) is 0 Å². The first-order valence-electron chi connectivity index (χ1n) is 4.08. The molecule has 4 heteroatoms. The lowest BCUT2D eigenvalue weighted by Gasteiger charge is -2.11. The molecule has 2 N–H and O–H groups in total. The van der Waals surface area contributed by atoms with E-state index in [0.717, 1.165) is 13.0 Å². The monoisotopic (exact) mass is 294 g/mol. The van der Waals surface area contributed by atoms with Gasteiger partial charge >= 0.3 is 0 Å². The Hall–Kier alpha value is -0.280. The molecule has 1 fully saturated rings. The smallest absolute Gasteiger partial charge is 0.117 e. The molecule has 13 heavy (non-hydrogen) atoms. The van der Waals surface area contributed by atoms with E-state index >= 15 is 0 Å². The Balaban J connectivity index is 0.00000144. The van der Waals surface area contributed by atoms with Gasteiger partial charge in [0.1, 0.15) is 6.04 Å². The van der Waals surface area contributed by atoms with Gasteiger partial charge in [-0.1, -0.05) is 5.92 Å². The van der Waals surface area contributed by atoms with Gasteiger partial charge in [-0.15, -0.1) is 30.4 Å². The molecule has 2 unspecified atom stereocenters. The highest BCUT2D eigenvalue weighted by atomic mass is 127. The molecule has 2 atom stereocenters. The highest BCUT2D eigenvalue weighted by molar-refractivity contribution is 14.0. The number of ether oxygens (including phenoxy) is 1. The predicted molar refractivity (Wildman–Crippen MR) is 64.3 cm³/mol. The number of nitrogens with zero attached hydrogens (tertiary/aromatic N) is 1. The second-order valence-corrected chi connectivity index (χ2v) is 3.01. The van der Waals surface area contributed by atoms with E-state index in [1.54, 1.807) is 6.92 Å². The van der Waals surface area contributed by atoms with Gasteiger partial charge in [0.15, 0.2) is 0 Å². The number of rotatable bonds is 2. The van der Waals surface area contributed by atoms with E-state index in [2.05, 4.69) is 10.9 Å². The van der Waals surface area contributed by atoms with Crippen LogP contribution in [0.2, 0.25) is 0 Å². The van der Waals surface area contributed by atoms with Crippen LogP contribution in [-0.2, 0) is 4.74 Å². The number of amidine groups is 1. The molecule has 1 rings (SSSR count). The molecule has 0 spiro atoms. The first kappa shape index (κ1) is 12.7. The van der Waals surface area contributed by atoms with Crippen molar-refractivity contribution in [2.24, 2.45) is 16.6 Å². The van der Waals surface area contributed by atoms with Gasteiger partial charge in [0.2, 0.25) is 0 Å². The minimum absolute atomic E-state index is 0. The Morgan fingerprint density at radius 1 is 1.77 bits per heavy atom. The molecule has 0 aliphatic carbocycles. The molecule has 3 nitrogen and oxygen atoms in total. The van der Waals surface area contributed by atoms with E-state index in [1.807, 2.05) is 0 Å². The van der Waals surface area contributed by atoms with E-state index in [0.29, 0.717) is 18.4 Å². The highest BCUT2D eigenvalue weighted by Gasteiger charge is 2.23. The van der Waals surface area contributed by atoms with Crippen LogP contribution in [0.5, 0.6) is 0 Å². The van der Waals surface area contributed by atoms with Crippen LogP contribution in [0.15, 0.2) is 4.99 Å². The SMILES string of the molecule is C#CC(N=C(C)N)C1CCOC1.I. The van der Waals surface area contributed by atoms with E-state index < -0.39 is 0 Å². The van der Waals surface area contributed by atoms with Crippen molar-refractivity contribution in [2.75, 3.05) is 13.2 Å². The van der Waals surface area contributed by atoms with Crippen LogP contribution in [0, 0.1) is 18.3 Å². The van der Waals surface area contributed by atoms with Crippen LogP contribution in [0.4, 0.5) is 0 Å². The summed E-state index contributed by atoms with van der Waals surface area (Å²) in [5, 5.41) is 0. The molecule has 1 heterocycles. The molecule has 1 aliphatic rings. The molecule has 1 saturated heterocycles. The molecule has 0 amide bonds. The van der Waals surface area contributed by atoms with Crippen LogP contribution < -0.4 is 5.73 Å². The average molecular weight is 294 g/mol. The number of nitrogens with two attached hydrogens (primary N) is 1. The molecule has 0 aromatic rings. The van der Waals surface area contributed by atoms with Gasteiger partial charge < -0.3 is 10.5 Å². The lowest BCUT2D eigenvalue weighted by atomic mass is 10.0. The fourth-order valence-electron chi connectivity index (χ4n) is 1.30. The molecule has 0 aromatic carbocycles. The molecule has 74 valence electrons. The topological polar surface area (TPSA) is 47.6 Å². The van der Waals surface area contributed by atoms with Crippen LogP contribution >= 0.6 is 24.0 Å². The van der Waals surface area contributed by atoms with E-state index in [1.165, 1.54) is 0 Å². The van der Waals surface area contributed by atoms with Gasteiger partial charge in [0.25, 0.3) is 0 Å². The quantitative estimate of drug-likeness (QED) is 0.358. The Kier molecular flexibility index (Phi) is 6.08.